The molecular formula is C12H25IN4. The maximum atomic E-state index is 5.77. The molecule has 0 radical (unpaired) electrons. The number of aliphatic imine (C=N–C) groups is 1. The molecule has 5 heteroatoms. The molecular weight excluding hydrogens is 327 g/mol. The second kappa shape index (κ2) is 7.92. The van der Waals surface area contributed by atoms with Gasteiger partial charge in [-0.3, -0.25) is 4.99 Å². The Morgan fingerprint density at radius 1 is 1.53 bits per heavy atom. The maximum Gasteiger partial charge on any atom is 0.188 e. The quantitative estimate of drug-likeness (QED) is 0.329. The second-order valence-corrected chi connectivity index (χ2v) is 4.90. The minimum atomic E-state index is 0. The van der Waals surface area contributed by atoms with E-state index in [0.717, 1.165) is 18.0 Å². The van der Waals surface area contributed by atoms with E-state index in [1.165, 1.54) is 12.8 Å². The highest BCUT2D eigenvalue weighted by atomic mass is 127. The van der Waals surface area contributed by atoms with E-state index in [2.05, 4.69) is 35.9 Å². The third-order valence-corrected chi connectivity index (χ3v) is 2.85. The van der Waals surface area contributed by atoms with E-state index in [1.807, 2.05) is 6.92 Å². The van der Waals surface area contributed by atoms with Crippen LogP contribution in [0.25, 0.3) is 0 Å². The number of halogens is 1. The largest absolute Gasteiger partial charge is 0.370 e. The zero-order valence-electron chi connectivity index (χ0n) is 11.1. The Kier molecular flexibility index (Phi) is 7.78. The van der Waals surface area contributed by atoms with Crippen LogP contribution in [0.4, 0.5) is 0 Å². The Labute approximate surface area is 122 Å². The van der Waals surface area contributed by atoms with E-state index < -0.39 is 0 Å². The minimum Gasteiger partial charge on any atom is -0.370 e. The Morgan fingerprint density at radius 2 is 2.12 bits per heavy atom. The van der Waals surface area contributed by atoms with Crippen LogP contribution in [0, 0.1) is 5.92 Å². The minimum absolute atomic E-state index is 0. The van der Waals surface area contributed by atoms with Gasteiger partial charge in [0.25, 0.3) is 0 Å². The highest BCUT2D eigenvalue weighted by Crippen LogP contribution is 2.34. The molecule has 0 spiro atoms. The molecule has 17 heavy (non-hydrogen) atoms. The Hall–Kier alpha value is -0.300. The lowest BCUT2D eigenvalue weighted by Gasteiger charge is -2.22. The molecule has 100 valence electrons. The van der Waals surface area contributed by atoms with Crippen LogP contribution in [-0.2, 0) is 0 Å². The lowest BCUT2D eigenvalue weighted by Crippen LogP contribution is -2.37. The Balaban J connectivity index is 0.00000256. The summed E-state index contributed by atoms with van der Waals surface area (Å²) in [5.41, 5.74) is 6.83. The number of rotatable bonds is 6. The molecule has 1 aliphatic carbocycles. The van der Waals surface area contributed by atoms with E-state index in [4.69, 9.17) is 5.73 Å². The molecule has 1 rings (SSSR count). The normalized spacial score (nSPS) is 17.5. The number of hydrogen-bond acceptors (Lipinski definition) is 2. The fourth-order valence-electron chi connectivity index (χ4n) is 1.70. The van der Waals surface area contributed by atoms with E-state index in [0.29, 0.717) is 18.5 Å². The van der Waals surface area contributed by atoms with Gasteiger partial charge in [-0.15, -0.1) is 24.0 Å². The van der Waals surface area contributed by atoms with Crippen molar-refractivity contribution in [2.75, 3.05) is 27.2 Å². The monoisotopic (exact) mass is 352 g/mol. The fourth-order valence-corrected chi connectivity index (χ4v) is 1.70. The summed E-state index contributed by atoms with van der Waals surface area (Å²) in [5, 5.41) is 3.05. The van der Waals surface area contributed by atoms with Gasteiger partial charge >= 0.3 is 0 Å². The second-order valence-electron chi connectivity index (χ2n) is 4.90. The van der Waals surface area contributed by atoms with Gasteiger partial charge in [-0.25, -0.2) is 0 Å². The van der Waals surface area contributed by atoms with Gasteiger partial charge in [-0.05, 0) is 39.8 Å². The van der Waals surface area contributed by atoms with Crippen molar-refractivity contribution in [1.29, 1.82) is 0 Å². The molecule has 0 aromatic rings. The number of likely N-dealkylation sites (N-methyl/N-ethyl adjacent to an activating group) is 1. The van der Waals surface area contributed by atoms with Gasteiger partial charge in [-0.2, -0.15) is 0 Å². The zero-order valence-corrected chi connectivity index (χ0v) is 13.4. The molecule has 1 unspecified atom stereocenters. The summed E-state index contributed by atoms with van der Waals surface area (Å²) in [7, 11) is 4.21. The Bertz CT molecular complexity index is 270. The number of nitrogens with zero attached hydrogens (tertiary/aromatic N) is 2. The van der Waals surface area contributed by atoms with Crippen LogP contribution in [0.2, 0.25) is 0 Å². The number of hydrogen-bond donors (Lipinski definition) is 2. The molecule has 4 nitrogen and oxygen atoms in total. The predicted octanol–water partition coefficient (Wildman–Crippen LogP) is 1.42. The molecule has 3 N–H and O–H groups in total. The van der Waals surface area contributed by atoms with Crippen LogP contribution in [0.15, 0.2) is 17.1 Å². The van der Waals surface area contributed by atoms with Crippen molar-refractivity contribution in [3.05, 3.63) is 12.2 Å². The first-order valence-corrected chi connectivity index (χ1v) is 5.85. The van der Waals surface area contributed by atoms with Gasteiger partial charge in [0.1, 0.15) is 0 Å². The first-order chi connectivity index (χ1) is 7.50. The van der Waals surface area contributed by atoms with Crippen molar-refractivity contribution >= 4 is 29.9 Å². The highest BCUT2D eigenvalue weighted by Gasteiger charge is 2.32. The standard InChI is InChI=1S/C12H24N4.HI/c1-9(2)7-14-12(13)15-8-11(16(3)4)10-5-6-10;/h10-11H,1,5-8H2,2-4H3,(H3,13,14,15);1H. The van der Waals surface area contributed by atoms with Gasteiger partial charge in [0.2, 0.25) is 0 Å². The number of nitrogens with one attached hydrogen (secondary N) is 1. The molecule has 0 aromatic heterocycles. The summed E-state index contributed by atoms with van der Waals surface area (Å²) < 4.78 is 0. The van der Waals surface area contributed by atoms with Gasteiger partial charge in [0.05, 0.1) is 6.54 Å². The summed E-state index contributed by atoms with van der Waals surface area (Å²) in [6.45, 7) is 7.26. The molecule has 0 aromatic carbocycles. The lowest BCUT2D eigenvalue weighted by molar-refractivity contribution is 0.271. The Morgan fingerprint density at radius 3 is 2.53 bits per heavy atom. The number of nitrogens with two attached hydrogens (primary N) is 1. The van der Waals surface area contributed by atoms with E-state index in [1.54, 1.807) is 0 Å². The highest BCUT2D eigenvalue weighted by molar-refractivity contribution is 14.0. The molecule has 1 atom stereocenters. The molecule has 1 saturated carbocycles. The van der Waals surface area contributed by atoms with Crippen molar-refractivity contribution in [1.82, 2.24) is 10.2 Å². The molecule has 1 aliphatic rings. The van der Waals surface area contributed by atoms with Crippen molar-refractivity contribution in [2.24, 2.45) is 16.6 Å². The van der Waals surface area contributed by atoms with Crippen molar-refractivity contribution in [2.45, 2.75) is 25.8 Å². The summed E-state index contributed by atoms with van der Waals surface area (Å²) in [5.74, 6) is 1.34. The molecule has 1 fully saturated rings. The van der Waals surface area contributed by atoms with Crippen LogP contribution in [0.1, 0.15) is 19.8 Å². The average molecular weight is 352 g/mol. The smallest absolute Gasteiger partial charge is 0.188 e. The average Bonchev–Trinajstić information content (AvgIpc) is 2.98. The fraction of sp³-hybridized carbons (Fsp3) is 0.750. The van der Waals surface area contributed by atoms with E-state index >= 15 is 0 Å². The van der Waals surface area contributed by atoms with E-state index in [9.17, 15) is 0 Å². The van der Waals surface area contributed by atoms with Gasteiger partial charge < -0.3 is 16.0 Å². The summed E-state index contributed by atoms with van der Waals surface area (Å²) in [6, 6.07) is 0.533. The van der Waals surface area contributed by atoms with Crippen molar-refractivity contribution in [3.8, 4) is 0 Å². The van der Waals surface area contributed by atoms with Gasteiger partial charge in [-0.1, -0.05) is 12.2 Å². The summed E-state index contributed by atoms with van der Waals surface area (Å²) in [6.07, 6.45) is 2.66. The van der Waals surface area contributed by atoms with Crippen LogP contribution in [-0.4, -0.2) is 44.1 Å². The summed E-state index contributed by atoms with van der Waals surface area (Å²) in [4.78, 5) is 6.62. The van der Waals surface area contributed by atoms with Crippen LogP contribution in [0.3, 0.4) is 0 Å². The van der Waals surface area contributed by atoms with Crippen LogP contribution >= 0.6 is 24.0 Å². The SMILES string of the molecule is C=C(C)CNC(N)=NCC(C1CC1)N(C)C.I. The zero-order chi connectivity index (χ0) is 12.1. The molecule has 0 amide bonds. The van der Waals surface area contributed by atoms with Crippen molar-refractivity contribution in [3.63, 3.8) is 0 Å². The first kappa shape index (κ1) is 16.7. The molecule has 0 aliphatic heterocycles. The molecule has 0 heterocycles. The molecule has 0 bridgehead atoms. The predicted molar refractivity (Wildman–Crippen MR) is 84.9 cm³/mol. The number of guanidine groups is 1. The topological polar surface area (TPSA) is 53.6 Å². The van der Waals surface area contributed by atoms with Gasteiger partial charge in [0.15, 0.2) is 5.96 Å². The molecule has 0 saturated heterocycles. The van der Waals surface area contributed by atoms with Crippen LogP contribution in [0.5, 0.6) is 0 Å². The van der Waals surface area contributed by atoms with E-state index in [-0.39, 0.29) is 24.0 Å². The van der Waals surface area contributed by atoms with Crippen molar-refractivity contribution < 1.29 is 0 Å². The first-order valence-electron chi connectivity index (χ1n) is 5.85. The lowest BCUT2D eigenvalue weighted by atomic mass is 10.2. The third-order valence-electron chi connectivity index (χ3n) is 2.85. The maximum absolute atomic E-state index is 5.77. The third kappa shape index (κ3) is 6.88. The van der Waals surface area contributed by atoms with Gasteiger partial charge in [0, 0.05) is 12.6 Å². The van der Waals surface area contributed by atoms with Crippen LogP contribution < -0.4 is 11.1 Å². The summed E-state index contributed by atoms with van der Waals surface area (Å²) >= 11 is 0.